The Bertz CT molecular complexity index is 369. The van der Waals surface area contributed by atoms with Crippen molar-refractivity contribution in [3.05, 3.63) is 0 Å². The summed E-state index contributed by atoms with van der Waals surface area (Å²) in [5.74, 6) is 1.92. The number of likely N-dealkylation sites (tertiary alicyclic amines) is 1. The molecular weight excluding hydrogens is 248 g/mol. The third-order valence-corrected chi connectivity index (χ3v) is 6.49. The Morgan fingerprint density at radius 1 is 1.30 bits per heavy atom. The van der Waals surface area contributed by atoms with Gasteiger partial charge < -0.3 is 10.6 Å². The highest BCUT2D eigenvalue weighted by Crippen LogP contribution is 2.43. The van der Waals surface area contributed by atoms with Crippen LogP contribution in [0.1, 0.15) is 58.8 Å². The second-order valence-electron chi connectivity index (χ2n) is 7.87. The van der Waals surface area contributed by atoms with E-state index in [0.717, 1.165) is 25.9 Å². The van der Waals surface area contributed by atoms with Crippen LogP contribution in [0.2, 0.25) is 0 Å². The van der Waals surface area contributed by atoms with E-state index in [0.29, 0.717) is 29.2 Å². The van der Waals surface area contributed by atoms with E-state index in [1.807, 2.05) is 0 Å². The van der Waals surface area contributed by atoms with Gasteiger partial charge >= 0.3 is 0 Å². The molecule has 0 aromatic heterocycles. The number of nitrogens with two attached hydrogens (primary N) is 1. The molecule has 3 aliphatic rings. The monoisotopic (exact) mass is 278 g/mol. The summed E-state index contributed by atoms with van der Waals surface area (Å²) in [5, 5.41) is 0. The van der Waals surface area contributed by atoms with Crippen molar-refractivity contribution in [3.8, 4) is 0 Å². The Hall–Kier alpha value is -0.570. The Labute approximate surface area is 123 Å². The zero-order valence-corrected chi connectivity index (χ0v) is 13.1. The molecule has 0 spiro atoms. The van der Waals surface area contributed by atoms with Crippen LogP contribution in [-0.4, -0.2) is 29.9 Å². The highest BCUT2D eigenvalue weighted by atomic mass is 16.2. The van der Waals surface area contributed by atoms with Crippen molar-refractivity contribution in [2.24, 2.45) is 28.9 Å². The summed E-state index contributed by atoms with van der Waals surface area (Å²) in [6, 6.07) is 0.368. The normalized spacial score (nSPS) is 44.6. The van der Waals surface area contributed by atoms with Crippen LogP contribution < -0.4 is 5.73 Å². The summed E-state index contributed by atoms with van der Waals surface area (Å²) in [4.78, 5) is 15.0. The number of fused-ring (bicyclic) bond motifs is 2. The van der Waals surface area contributed by atoms with Crippen molar-refractivity contribution in [1.82, 2.24) is 4.90 Å². The fraction of sp³-hybridized carbons (Fsp3) is 0.941. The first-order chi connectivity index (χ1) is 9.52. The fourth-order valence-electron chi connectivity index (χ4n) is 4.75. The smallest absolute Gasteiger partial charge is 0.225 e. The van der Waals surface area contributed by atoms with Gasteiger partial charge in [-0.05, 0) is 55.8 Å². The first kappa shape index (κ1) is 14.4. The van der Waals surface area contributed by atoms with Gasteiger partial charge in [-0.25, -0.2) is 0 Å². The third-order valence-electron chi connectivity index (χ3n) is 6.49. The lowest BCUT2D eigenvalue weighted by atomic mass is 9.65. The molecule has 1 amide bonds. The van der Waals surface area contributed by atoms with Gasteiger partial charge in [0.25, 0.3) is 0 Å². The minimum absolute atomic E-state index is 0.268. The molecule has 1 aliphatic heterocycles. The Morgan fingerprint density at radius 2 is 1.95 bits per heavy atom. The third kappa shape index (κ3) is 2.49. The molecule has 3 atom stereocenters. The molecule has 2 saturated carbocycles. The topological polar surface area (TPSA) is 46.3 Å². The number of rotatable bonds is 2. The van der Waals surface area contributed by atoms with Crippen LogP contribution in [0.3, 0.4) is 0 Å². The maximum absolute atomic E-state index is 12.8. The van der Waals surface area contributed by atoms with Crippen molar-refractivity contribution in [1.29, 1.82) is 0 Å². The molecule has 1 saturated heterocycles. The van der Waals surface area contributed by atoms with Crippen LogP contribution in [0.15, 0.2) is 0 Å². The minimum atomic E-state index is 0.268. The summed E-state index contributed by atoms with van der Waals surface area (Å²) in [6.45, 7) is 6.52. The van der Waals surface area contributed by atoms with E-state index in [-0.39, 0.29) is 5.92 Å². The van der Waals surface area contributed by atoms with E-state index in [9.17, 15) is 4.79 Å². The lowest BCUT2D eigenvalue weighted by Crippen LogP contribution is -2.49. The molecule has 2 bridgehead atoms. The molecule has 3 rings (SSSR count). The molecule has 1 heterocycles. The van der Waals surface area contributed by atoms with Crippen molar-refractivity contribution in [3.63, 3.8) is 0 Å². The molecule has 0 aromatic rings. The summed E-state index contributed by atoms with van der Waals surface area (Å²) in [5.41, 5.74) is 6.70. The summed E-state index contributed by atoms with van der Waals surface area (Å²) < 4.78 is 0. The molecular formula is C17H30N2O. The predicted octanol–water partition coefficient (Wildman–Crippen LogP) is 2.79. The van der Waals surface area contributed by atoms with Gasteiger partial charge in [0, 0.05) is 25.0 Å². The van der Waals surface area contributed by atoms with Gasteiger partial charge in [-0.1, -0.05) is 20.3 Å². The van der Waals surface area contributed by atoms with E-state index >= 15 is 0 Å². The van der Waals surface area contributed by atoms with Gasteiger partial charge in [0.05, 0.1) is 0 Å². The number of hydrogen-bond acceptors (Lipinski definition) is 2. The number of hydrogen-bond donors (Lipinski definition) is 1. The zero-order valence-electron chi connectivity index (χ0n) is 13.1. The van der Waals surface area contributed by atoms with Crippen LogP contribution in [-0.2, 0) is 4.79 Å². The van der Waals surface area contributed by atoms with E-state index in [1.165, 1.54) is 32.1 Å². The maximum Gasteiger partial charge on any atom is 0.225 e. The molecule has 0 aromatic carbocycles. The van der Waals surface area contributed by atoms with Gasteiger partial charge in [-0.15, -0.1) is 0 Å². The lowest BCUT2D eigenvalue weighted by Gasteiger charge is -2.44. The molecule has 114 valence electrons. The SMILES string of the molecule is CCC1(C)CCN(C(=O)C2CC3CCCC(C2)C3N)C1. The first-order valence-electron chi connectivity index (χ1n) is 8.57. The molecule has 20 heavy (non-hydrogen) atoms. The van der Waals surface area contributed by atoms with Crippen LogP contribution in [0, 0.1) is 23.2 Å². The molecule has 2 aliphatic carbocycles. The maximum atomic E-state index is 12.8. The molecule has 3 fully saturated rings. The Balaban J connectivity index is 1.64. The highest BCUT2D eigenvalue weighted by molar-refractivity contribution is 5.79. The Morgan fingerprint density at radius 3 is 2.50 bits per heavy atom. The summed E-state index contributed by atoms with van der Waals surface area (Å²) in [7, 11) is 0. The standard InChI is InChI=1S/C17H30N2O/c1-3-17(2)7-8-19(11-17)16(20)14-9-12-5-4-6-13(10-14)15(12)18/h12-15H,3-11,18H2,1-2H3. The van der Waals surface area contributed by atoms with Gasteiger partial charge in [0.15, 0.2) is 0 Å². The average molecular weight is 278 g/mol. The average Bonchev–Trinajstić information content (AvgIpc) is 2.81. The van der Waals surface area contributed by atoms with Crippen molar-refractivity contribution in [2.45, 2.75) is 64.8 Å². The van der Waals surface area contributed by atoms with Crippen molar-refractivity contribution < 1.29 is 4.79 Å². The first-order valence-corrected chi connectivity index (χ1v) is 8.57. The van der Waals surface area contributed by atoms with Gasteiger partial charge in [0.2, 0.25) is 5.91 Å². The van der Waals surface area contributed by atoms with Gasteiger partial charge in [-0.3, -0.25) is 4.79 Å². The second kappa shape index (κ2) is 5.32. The predicted molar refractivity (Wildman–Crippen MR) is 81.1 cm³/mol. The number of carbonyl (C=O) groups is 1. The van der Waals surface area contributed by atoms with E-state index < -0.39 is 0 Å². The van der Waals surface area contributed by atoms with Gasteiger partial charge in [-0.2, -0.15) is 0 Å². The molecule has 2 N–H and O–H groups in total. The van der Waals surface area contributed by atoms with E-state index in [1.54, 1.807) is 0 Å². The number of amides is 1. The number of carbonyl (C=O) groups excluding carboxylic acids is 1. The molecule has 0 radical (unpaired) electrons. The zero-order chi connectivity index (χ0) is 14.3. The highest BCUT2D eigenvalue weighted by Gasteiger charge is 2.43. The lowest BCUT2D eigenvalue weighted by molar-refractivity contribution is -0.138. The number of nitrogens with zero attached hydrogens (tertiary/aromatic N) is 1. The largest absolute Gasteiger partial charge is 0.342 e. The molecule has 3 nitrogen and oxygen atoms in total. The summed E-state index contributed by atoms with van der Waals surface area (Å²) in [6.07, 6.45) is 8.27. The Kier molecular flexibility index (Phi) is 3.83. The van der Waals surface area contributed by atoms with Crippen molar-refractivity contribution >= 4 is 5.91 Å². The van der Waals surface area contributed by atoms with Crippen LogP contribution in [0.5, 0.6) is 0 Å². The van der Waals surface area contributed by atoms with Gasteiger partial charge in [0.1, 0.15) is 0 Å². The second-order valence-corrected chi connectivity index (χ2v) is 7.87. The van der Waals surface area contributed by atoms with Crippen molar-refractivity contribution in [2.75, 3.05) is 13.1 Å². The minimum Gasteiger partial charge on any atom is -0.342 e. The molecule has 3 unspecified atom stereocenters. The van der Waals surface area contributed by atoms with Crippen LogP contribution >= 0.6 is 0 Å². The van der Waals surface area contributed by atoms with Crippen LogP contribution in [0.25, 0.3) is 0 Å². The van der Waals surface area contributed by atoms with Crippen LogP contribution in [0.4, 0.5) is 0 Å². The fourth-order valence-corrected chi connectivity index (χ4v) is 4.75. The quantitative estimate of drug-likeness (QED) is 0.844. The molecule has 3 heteroatoms. The van der Waals surface area contributed by atoms with E-state index in [4.69, 9.17) is 5.73 Å². The summed E-state index contributed by atoms with van der Waals surface area (Å²) >= 11 is 0. The van der Waals surface area contributed by atoms with E-state index in [2.05, 4.69) is 18.7 Å².